The van der Waals surface area contributed by atoms with Crippen molar-refractivity contribution in [2.45, 2.75) is 44.8 Å². The van der Waals surface area contributed by atoms with Crippen LogP contribution in [-0.4, -0.2) is 27.0 Å². The smallest absolute Gasteiger partial charge is 0.262 e. The van der Waals surface area contributed by atoms with Crippen LogP contribution in [0.1, 0.15) is 33.1 Å². The van der Waals surface area contributed by atoms with E-state index in [1.54, 1.807) is 16.3 Å². The molecule has 0 aliphatic heterocycles. The maximum absolute atomic E-state index is 12.8. The molecule has 0 spiro atoms. The predicted octanol–water partition coefficient (Wildman–Crippen LogP) is 4.07. The van der Waals surface area contributed by atoms with Crippen molar-refractivity contribution in [1.29, 1.82) is 0 Å². The van der Waals surface area contributed by atoms with Crippen LogP contribution in [0, 0.1) is 5.92 Å². The average Bonchev–Trinajstić information content (AvgIpc) is 2.51. The van der Waals surface area contributed by atoms with E-state index in [0.717, 1.165) is 40.2 Å². The van der Waals surface area contributed by atoms with Gasteiger partial charge in [-0.2, -0.15) is 0 Å². The molecule has 2 rings (SSSR count). The molecular formula is C17H23BrN2O2S. The van der Waals surface area contributed by atoms with Crippen LogP contribution < -0.4 is 5.56 Å². The number of aromatic nitrogens is 2. The molecule has 0 saturated carbocycles. The zero-order valence-corrected chi connectivity index (χ0v) is 16.0. The average molecular weight is 399 g/mol. The lowest BCUT2D eigenvalue weighted by atomic mass is 10.2. The fourth-order valence-electron chi connectivity index (χ4n) is 2.36. The third-order valence-corrected chi connectivity index (χ3v) is 5.02. The van der Waals surface area contributed by atoms with Crippen LogP contribution in [0.5, 0.6) is 0 Å². The molecule has 1 N–H and O–H groups in total. The molecule has 0 amide bonds. The minimum Gasteiger partial charge on any atom is -0.396 e. The summed E-state index contributed by atoms with van der Waals surface area (Å²) in [5.74, 6) is 1.29. The van der Waals surface area contributed by atoms with E-state index in [1.807, 2.05) is 18.2 Å². The Morgan fingerprint density at radius 3 is 2.78 bits per heavy atom. The SMILES string of the molecule is CC(C)Cn1c(SCCCCCO)nc2ccc(Br)cc2c1=O. The van der Waals surface area contributed by atoms with Crippen molar-refractivity contribution in [3.63, 3.8) is 0 Å². The van der Waals surface area contributed by atoms with E-state index in [9.17, 15) is 4.79 Å². The second-order valence-electron chi connectivity index (χ2n) is 6.00. The molecule has 126 valence electrons. The molecule has 0 aliphatic rings. The number of rotatable bonds is 8. The first-order valence-corrected chi connectivity index (χ1v) is 9.74. The molecular weight excluding hydrogens is 376 g/mol. The van der Waals surface area contributed by atoms with Gasteiger partial charge in [-0.05, 0) is 37.0 Å². The number of unbranched alkanes of at least 4 members (excludes halogenated alkanes) is 2. The van der Waals surface area contributed by atoms with Crippen molar-refractivity contribution in [2.24, 2.45) is 5.92 Å². The first kappa shape index (κ1) is 18.5. The Hall–Kier alpha value is -0.850. The van der Waals surface area contributed by atoms with Gasteiger partial charge >= 0.3 is 0 Å². The topological polar surface area (TPSA) is 55.1 Å². The Morgan fingerprint density at radius 2 is 2.09 bits per heavy atom. The fourth-order valence-corrected chi connectivity index (χ4v) is 3.73. The summed E-state index contributed by atoms with van der Waals surface area (Å²) in [4.78, 5) is 17.5. The molecule has 0 bridgehead atoms. The van der Waals surface area contributed by atoms with Gasteiger partial charge in [0.15, 0.2) is 5.16 Å². The van der Waals surface area contributed by atoms with Crippen LogP contribution in [0.25, 0.3) is 10.9 Å². The van der Waals surface area contributed by atoms with Crippen LogP contribution in [0.3, 0.4) is 0 Å². The van der Waals surface area contributed by atoms with Crippen LogP contribution in [0.15, 0.2) is 32.6 Å². The van der Waals surface area contributed by atoms with E-state index in [4.69, 9.17) is 10.1 Å². The van der Waals surface area contributed by atoms with E-state index in [0.29, 0.717) is 17.8 Å². The molecule has 1 aromatic heterocycles. The molecule has 0 atom stereocenters. The molecule has 1 heterocycles. The summed E-state index contributed by atoms with van der Waals surface area (Å²) < 4.78 is 2.69. The summed E-state index contributed by atoms with van der Waals surface area (Å²) in [6, 6.07) is 5.64. The van der Waals surface area contributed by atoms with E-state index >= 15 is 0 Å². The standard InChI is InChI=1S/C17H23BrN2O2S/c1-12(2)11-20-16(22)14-10-13(18)6-7-15(14)19-17(20)23-9-5-3-4-8-21/h6-7,10,12,21H,3-5,8-9,11H2,1-2H3. The fraction of sp³-hybridized carbons (Fsp3) is 0.529. The molecule has 0 unspecified atom stereocenters. The normalized spacial score (nSPS) is 11.5. The highest BCUT2D eigenvalue weighted by atomic mass is 79.9. The molecule has 0 aliphatic carbocycles. The van der Waals surface area contributed by atoms with Crippen molar-refractivity contribution >= 4 is 38.6 Å². The summed E-state index contributed by atoms with van der Waals surface area (Å²) in [5, 5.41) is 10.3. The largest absolute Gasteiger partial charge is 0.396 e. The Labute approximate surface area is 149 Å². The quantitative estimate of drug-likeness (QED) is 0.413. The number of thioether (sulfide) groups is 1. The van der Waals surface area contributed by atoms with Gasteiger partial charge in [0.2, 0.25) is 0 Å². The van der Waals surface area contributed by atoms with Crippen molar-refractivity contribution in [1.82, 2.24) is 9.55 Å². The Kier molecular flexibility index (Phi) is 7.11. The lowest BCUT2D eigenvalue weighted by Crippen LogP contribution is -2.25. The molecule has 0 fully saturated rings. The first-order valence-electron chi connectivity index (χ1n) is 7.96. The minimum atomic E-state index is 0.0304. The van der Waals surface area contributed by atoms with Crippen LogP contribution >= 0.6 is 27.7 Å². The van der Waals surface area contributed by atoms with Crippen LogP contribution in [0.4, 0.5) is 0 Å². The van der Waals surface area contributed by atoms with Gasteiger partial charge in [0, 0.05) is 23.4 Å². The van der Waals surface area contributed by atoms with Gasteiger partial charge in [-0.3, -0.25) is 9.36 Å². The first-order chi connectivity index (χ1) is 11.0. The zero-order chi connectivity index (χ0) is 16.8. The van der Waals surface area contributed by atoms with Gasteiger partial charge in [0.05, 0.1) is 10.9 Å². The van der Waals surface area contributed by atoms with E-state index in [1.165, 1.54) is 0 Å². The van der Waals surface area contributed by atoms with Crippen molar-refractivity contribution in [3.05, 3.63) is 33.0 Å². The van der Waals surface area contributed by atoms with Gasteiger partial charge in [-0.1, -0.05) is 48.0 Å². The molecule has 23 heavy (non-hydrogen) atoms. The van der Waals surface area contributed by atoms with E-state index in [-0.39, 0.29) is 12.2 Å². The molecule has 2 aromatic rings. The molecule has 6 heteroatoms. The lowest BCUT2D eigenvalue weighted by Gasteiger charge is -2.15. The van der Waals surface area contributed by atoms with Crippen molar-refractivity contribution < 1.29 is 5.11 Å². The molecule has 4 nitrogen and oxygen atoms in total. The third kappa shape index (κ3) is 5.06. The highest BCUT2D eigenvalue weighted by Gasteiger charge is 2.13. The third-order valence-electron chi connectivity index (χ3n) is 3.46. The van der Waals surface area contributed by atoms with E-state index in [2.05, 4.69) is 29.8 Å². The number of aliphatic hydroxyl groups is 1. The second-order valence-corrected chi connectivity index (χ2v) is 7.98. The Bertz CT molecular complexity index is 716. The molecule has 1 aromatic carbocycles. The highest BCUT2D eigenvalue weighted by Crippen LogP contribution is 2.22. The summed E-state index contributed by atoms with van der Waals surface area (Å²) >= 11 is 5.06. The summed E-state index contributed by atoms with van der Waals surface area (Å²) in [6.07, 6.45) is 2.85. The number of halogens is 1. The molecule has 0 saturated heterocycles. The maximum Gasteiger partial charge on any atom is 0.262 e. The highest BCUT2D eigenvalue weighted by molar-refractivity contribution is 9.10. The number of nitrogens with zero attached hydrogens (tertiary/aromatic N) is 2. The second kappa shape index (κ2) is 8.85. The van der Waals surface area contributed by atoms with Crippen LogP contribution in [0.2, 0.25) is 0 Å². The monoisotopic (exact) mass is 398 g/mol. The minimum absolute atomic E-state index is 0.0304. The Balaban J connectivity index is 2.32. The van der Waals surface area contributed by atoms with Crippen molar-refractivity contribution in [2.75, 3.05) is 12.4 Å². The van der Waals surface area contributed by atoms with Gasteiger partial charge < -0.3 is 5.11 Å². The van der Waals surface area contributed by atoms with Gasteiger partial charge in [-0.25, -0.2) is 4.98 Å². The summed E-state index contributed by atoms with van der Waals surface area (Å²) in [5.41, 5.74) is 0.777. The predicted molar refractivity (Wildman–Crippen MR) is 100 cm³/mol. The maximum atomic E-state index is 12.8. The number of hydrogen-bond acceptors (Lipinski definition) is 4. The Morgan fingerprint density at radius 1 is 1.30 bits per heavy atom. The number of fused-ring (bicyclic) bond motifs is 1. The summed E-state index contributed by atoms with van der Waals surface area (Å²) in [7, 11) is 0. The molecule has 0 radical (unpaired) electrons. The van der Waals surface area contributed by atoms with Crippen LogP contribution in [-0.2, 0) is 6.54 Å². The van der Waals surface area contributed by atoms with E-state index < -0.39 is 0 Å². The van der Waals surface area contributed by atoms with Gasteiger partial charge in [-0.15, -0.1) is 0 Å². The number of aliphatic hydroxyl groups excluding tert-OH is 1. The van der Waals surface area contributed by atoms with Crippen molar-refractivity contribution in [3.8, 4) is 0 Å². The van der Waals surface area contributed by atoms with Gasteiger partial charge in [0.25, 0.3) is 5.56 Å². The van der Waals surface area contributed by atoms with Gasteiger partial charge in [0.1, 0.15) is 0 Å². The lowest BCUT2D eigenvalue weighted by molar-refractivity contribution is 0.284. The number of hydrogen-bond donors (Lipinski definition) is 1. The zero-order valence-electron chi connectivity index (χ0n) is 13.6. The summed E-state index contributed by atoms with van der Waals surface area (Å²) in [6.45, 7) is 5.12. The number of benzene rings is 1.